The third kappa shape index (κ3) is 6.59. The Hall–Kier alpha value is -2.33. The maximum Gasteiger partial charge on any atom is 0.255 e. The summed E-state index contributed by atoms with van der Waals surface area (Å²) in [6.07, 6.45) is 0.996. The maximum atomic E-state index is 12.4. The molecular formula is C21H28N2O2. The van der Waals surface area contributed by atoms with Gasteiger partial charge in [0.2, 0.25) is 0 Å². The van der Waals surface area contributed by atoms with Crippen molar-refractivity contribution in [3.8, 4) is 5.75 Å². The van der Waals surface area contributed by atoms with Crippen molar-refractivity contribution in [2.75, 3.05) is 32.6 Å². The second kappa shape index (κ2) is 9.23. The maximum absolute atomic E-state index is 12.4. The van der Waals surface area contributed by atoms with Gasteiger partial charge in [-0.25, -0.2) is 0 Å². The molecule has 0 fully saturated rings. The van der Waals surface area contributed by atoms with Gasteiger partial charge in [-0.3, -0.25) is 4.79 Å². The highest BCUT2D eigenvalue weighted by molar-refractivity contribution is 6.04. The van der Waals surface area contributed by atoms with Crippen LogP contribution in [0.25, 0.3) is 0 Å². The first kappa shape index (κ1) is 19.0. The molecule has 4 heteroatoms. The van der Waals surface area contributed by atoms with Gasteiger partial charge in [0.05, 0.1) is 6.61 Å². The molecule has 2 rings (SSSR count). The van der Waals surface area contributed by atoms with Crippen LogP contribution in [0, 0.1) is 5.92 Å². The van der Waals surface area contributed by atoms with Crippen LogP contribution in [0.4, 0.5) is 5.69 Å². The van der Waals surface area contributed by atoms with Gasteiger partial charge in [-0.15, -0.1) is 0 Å². The van der Waals surface area contributed by atoms with Crippen LogP contribution < -0.4 is 10.1 Å². The van der Waals surface area contributed by atoms with Gasteiger partial charge in [-0.1, -0.05) is 32.0 Å². The fourth-order valence-corrected chi connectivity index (χ4v) is 2.30. The molecule has 1 N–H and O–H groups in total. The van der Waals surface area contributed by atoms with Crippen LogP contribution >= 0.6 is 0 Å². The second-order valence-electron chi connectivity index (χ2n) is 6.94. The molecule has 0 saturated heterocycles. The van der Waals surface area contributed by atoms with Crippen molar-refractivity contribution in [2.45, 2.75) is 20.3 Å². The molecule has 0 aliphatic carbocycles. The van der Waals surface area contributed by atoms with E-state index in [0.717, 1.165) is 24.4 Å². The number of nitrogens with one attached hydrogen (secondary N) is 1. The molecule has 1 amide bonds. The molecule has 0 bridgehead atoms. The number of anilines is 1. The van der Waals surface area contributed by atoms with Gasteiger partial charge in [0.15, 0.2) is 0 Å². The van der Waals surface area contributed by atoms with Crippen LogP contribution in [0.5, 0.6) is 5.75 Å². The topological polar surface area (TPSA) is 41.6 Å². The highest BCUT2D eigenvalue weighted by Crippen LogP contribution is 2.17. The SMILES string of the molecule is CC(C)COc1cccc(C(=O)Nc2ccc(CCN(C)C)cc2)c1. The van der Waals surface area contributed by atoms with E-state index in [4.69, 9.17) is 4.74 Å². The van der Waals surface area contributed by atoms with E-state index in [1.807, 2.05) is 24.3 Å². The number of benzene rings is 2. The number of carbonyl (C=O) groups is 1. The van der Waals surface area contributed by atoms with E-state index in [-0.39, 0.29) is 5.91 Å². The first-order valence-electron chi connectivity index (χ1n) is 8.72. The van der Waals surface area contributed by atoms with Gasteiger partial charge < -0.3 is 15.0 Å². The smallest absolute Gasteiger partial charge is 0.255 e. The van der Waals surface area contributed by atoms with Gasteiger partial charge in [-0.2, -0.15) is 0 Å². The first-order valence-corrected chi connectivity index (χ1v) is 8.72. The Kier molecular flexibility index (Phi) is 7.02. The van der Waals surface area contributed by atoms with Crippen LogP contribution in [-0.4, -0.2) is 38.1 Å². The van der Waals surface area contributed by atoms with Crippen molar-refractivity contribution in [1.29, 1.82) is 0 Å². The minimum Gasteiger partial charge on any atom is -0.493 e. The molecular weight excluding hydrogens is 312 g/mol. The molecule has 4 nitrogen and oxygen atoms in total. The summed E-state index contributed by atoms with van der Waals surface area (Å²) in [6, 6.07) is 15.3. The van der Waals surface area contributed by atoms with Crippen molar-refractivity contribution >= 4 is 11.6 Å². The Balaban J connectivity index is 1.96. The Morgan fingerprint density at radius 2 is 1.84 bits per heavy atom. The van der Waals surface area contributed by atoms with Crippen molar-refractivity contribution in [3.63, 3.8) is 0 Å². The van der Waals surface area contributed by atoms with Crippen LogP contribution in [0.3, 0.4) is 0 Å². The Morgan fingerprint density at radius 1 is 1.12 bits per heavy atom. The summed E-state index contributed by atoms with van der Waals surface area (Å²) < 4.78 is 5.69. The van der Waals surface area contributed by atoms with Crippen molar-refractivity contribution in [3.05, 3.63) is 59.7 Å². The molecule has 0 aliphatic rings. The summed E-state index contributed by atoms with van der Waals surface area (Å²) >= 11 is 0. The quantitative estimate of drug-likeness (QED) is 0.787. The molecule has 0 heterocycles. The van der Waals surface area contributed by atoms with Gasteiger partial charge in [0.1, 0.15) is 5.75 Å². The number of amides is 1. The molecule has 0 saturated carbocycles. The number of rotatable bonds is 8. The average molecular weight is 340 g/mol. The van der Waals surface area contributed by atoms with Gasteiger partial charge in [-0.05, 0) is 62.3 Å². The average Bonchev–Trinajstić information content (AvgIpc) is 2.59. The standard InChI is InChI=1S/C21H28N2O2/c1-16(2)15-25-20-7-5-6-18(14-20)21(24)22-19-10-8-17(9-11-19)12-13-23(3)4/h5-11,14,16H,12-13,15H2,1-4H3,(H,22,24). The zero-order valence-electron chi connectivity index (χ0n) is 15.6. The summed E-state index contributed by atoms with van der Waals surface area (Å²) in [4.78, 5) is 14.6. The van der Waals surface area contributed by atoms with E-state index in [1.54, 1.807) is 12.1 Å². The molecule has 0 spiro atoms. The lowest BCUT2D eigenvalue weighted by Crippen LogP contribution is -2.15. The Bertz CT molecular complexity index is 679. The first-order chi connectivity index (χ1) is 11.9. The molecule has 0 aromatic heterocycles. The molecule has 25 heavy (non-hydrogen) atoms. The van der Waals surface area contributed by atoms with Gasteiger partial charge >= 0.3 is 0 Å². The summed E-state index contributed by atoms with van der Waals surface area (Å²) in [6.45, 7) is 5.84. The number of carbonyl (C=O) groups excluding carboxylic acids is 1. The molecule has 0 unspecified atom stereocenters. The predicted octanol–water partition coefficient (Wildman–Crippen LogP) is 4.08. The number of nitrogens with zero attached hydrogens (tertiary/aromatic N) is 1. The largest absolute Gasteiger partial charge is 0.493 e. The van der Waals surface area contributed by atoms with E-state index >= 15 is 0 Å². The third-order valence-electron chi connectivity index (χ3n) is 3.74. The number of ether oxygens (including phenoxy) is 1. The monoisotopic (exact) mass is 340 g/mol. The Morgan fingerprint density at radius 3 is 2.48 bits per heavy atom. The number of hydrogen-bond acceptors (Lipinski definition) is 3. The second-order valence-corrected chi connectivity index (χ2v) is 6.94. The van der Waals surface area contributed by atoms with E-state index < -0.39 is 0 Å². The van der Waals surface area contributed by atoms with E-state index in [2.05, 4.69) is 50.3 Å². The molecule has 134 valence electrons. The summed E-state index contributed by atoms with van der Waals surface area (Å²) in [7, 11) is 4.13. The van der Waals surface area contributed by atoms with Crippen LogP contribution in [0.1, 0.15) is 29.8 Å². The van der Waals surface area contributed by atoms with Crippen LogP contribution in [0.15, 0.2) is 48.5 Å². The molecule has 0 aliphatic heterocycles. The molecule has 0 atom stereocenters. The number of likely N-dealkylation sites (N-methyl/N-ethyl adjacent to an activating group) is 1. The predicted molar refractivity (Wildman–Crippen MR) is 103 cm³/mol. The summed E-state index contributed by atoms with van der Waals surface area (Å²) in [5, 5.41) is 2.94. The summed E-state index contributed by atoms with van der Waals surface area (Å²) in [5.74, 6) is 1.04. The van der Waals surface area contributed by atoms with E-state index in [9.17, 15) is 4.79 Å². The lowest BCUT2D eigenvalue weighted by atomic mass is 10.1. The third-order valence-corrected chi connectivity index (χ3v) is 3.74. The van der Waals surface area contributed by atoms with Crippen molar-refractivity contribution in [1.82, 2.24) is 4.90 Å². The lowest BCUT2D eigenvalue weighted by Gasteiger charge is -2.11. The van der Waals surface area contributed by atoms with Crippen LogP contribution in [0.2, 0.25) is 0 Å². The normalized spacial score (nSPS) is 11.0. The Labute approximate surface area is 150 Å². The van der Waals surface area contributed by atoms with Gasteiger partial charge in [0.25, 0.3) is 5.91 Å². The zero-order valence-corrected chi connectivity index (χ0v) is 15.6. The van der Waals surface area contributed by atoms with Crippen LogP contribution in [-0.2, 0) is 6.42 Å². The summed E-state index contributed by atoms with van der Waals surface area (Å²) in [5.41, 5.74) is 2.65. The van der Waals surface area contributed by atoms with Crippen molar-refractivity contribution in [2.24, 2.45) is 5.92 Å². The fourth-order valence-electron chi connectivity index (χ4n) is 2.30. The van der Waals surface area contributed by atoms with E-state index in [0.29, 0.717) is 18.1 Å². The lowest BCUT2D eigenvalue weighted by molar-refractivity contribution is 0.102. The van der Waals surface area contributed by atoms with E-state index in [1.165, 1.54) is 5.56 Å². The molecule has 0 radical (unpaired) electrons. The molecule has 2 aromatic rings. The zero-order chi connectivity index (χ0) is 18.2. The number of hydrogen-bond donors (Lipinski definition) is 1. The van der Waals surface area contributed by atoms with Crippen molar-refractivity contribution < 1.29 is 9.53 Å². The fraction of sp³-hybridized carbons (Fsp3) is 0.381. The highest BCUT2D eigenvalue weighted by Gasteiger charge is 2.08. The minimum atomic E-state index is -0.129. The highest BCUT2D eigenvalue weighted by atomic mass is 16.5. The molecule has 2 aromatic carbocycles. The minimum absolute atomic E-state index is 0.129. The van der Waals surface area contributed by atoms with Gasteiger partial charge in [0, 0.05) is 17.8 Å².